The van der Waals surface area contributed by atoms with Crippen molar-refractivity contribution in [2.75, 3.05) is 13.2 Å². The highest BCUT2D eigenvalue weighted by Gasteiger charge is 2.19. The van der Waals surface area contributed by atoms with Crippen molar-refractivity contribution in [3.63, 3.8) is 0 Å². The number of hydrogen-bond acceptors (Lipinski definition) is 6. The molecular formula is C77H132O6. The first-order valence-electron chi connectivity index (χ1n) is 35.4. The number of carbonyl (C=O) groups is 3. The molecule has 0 bridgehead atoms. The van der Waals surface area contributed by atoms with E-state index in [1.807, 2.05) is 0 Å². The van der Waals surface area contributed by atoms with E-state index in [4.69, 9.17) is 14.2 Å². The Morgan fingerprint density at radius 2 is 0.470 bits per heavy atom. The van der Waals surface area contributed by atoms with Gasteiger partial charge >= 0.3 is 17.9 Å². The smallest absolute Gasteiger partial charge is 0.306 e. The maximum absolute atomic E-state index is 13.0. The predicted octanol–water partition coefficient (Wildman–Crippen LogP) is 24.6. The lowest BCUT2D eigenvalue weighted by Crippen LogP contribution is -2.30. The number of unbranched alkanes of at least 4 members (excludes halogenated alkanes) is 35. The van der Waals surface area contributed by atoms with Gasteiger partial charge in [-0.15, -0.1) is 0 Å². The summed E-state index contributed by atoms with van der Waals surface area (Å²) in [6.45, 7) is 6.51. The second kappa shape index (κ2) is 70.6. The van der Waals surface area contributed by atoms with Crippen LogP contribution in [0.3, 0.4) is 0 Å². The summed E-state index contributed by atoms with van der Waals surface area (Å²) in [5, 5.41) is 0. The zero-order valence-corrected chi connectivity index (χ0v) is 54.7. The van der Waals surface area contributed by atoms with Gasteiger partial charge < -0.3 is 14.2 Å². The van der Waals surface area contributed by atoms with Crippen LogP contribution in [0, 0.1) is 0 Å². The molecule has 0 aliphatic heterocycles. The molecule has 0 spiro atoms. The van der Waals surface area contributed by atoms with Gasteiger partial charge in [-0.1, -0.05) is 304 Å². The van der Waals surface area contributed by atoms with Gasteiger partial charge in [0.05, 0.1) is 0 Å². The lowest BCUT2D eigenvalue weighted by atomic mass is 10.0. The quantitative estimate of drug-likeness (QED) is 0.0261. The SMILES string of the molecule is CC/C=C\C/C=C\C/C=C\C/C=C\C/C=C\CCCCCCCCCCCC(=O)OCC(COC(=O)CCCCCCC/C=C\C/C=C\CCCCC)OC(=O)CCCCCCCCCCCCCCC/C=C\C/C=C\CCCCCCC. The molecule has 0 aromatic heterocycles. The summed E-state index contributed by atoms with van der Waals surface area (Å²) in [6, 6.07) is 0. The van der Waals surface area contributed by atoms with Gasteiger partial charge in [-0.2, -0.15) is 0 Å². The second-order valence-electron chi connectivity index (χ2n) is 23.4. The lowest BCUT2D eigenvalue weighted by Gasteiger charge is -2.18. The van der Waals surface area contributed by atoms with Gasteiger partial charge in [-0.25, -0.2) is 0 Å². The van der Waals surface area contributed by atoms with E-state index in [1.165, 1.54) is 180 Å². The third-order valence-electron chi connectivity index (χ3n) is 15.2. The first kappa shape index (κ1) is 79.1. The van der Waals surface area contributed by atoms with Crippen molar-refractivity contribution < 1.29 is 28.6 Å². The van der Waals surface area contributed by atoms with Crippen LogP contribution in [0.4, 0.5) is 0 Å². The van der Waals surface area contributed by atoms with Crippen molar-refractivity contribution >= 4 is 17.9 Å². The average Bonchev–Trinajstić information content (AvgIpc) is 3.49. The normalized spacial score (nSPS) is 12.8. The minimum atomic E-state index is -0.790. The molecule has 0 rings (SSSR count). The summed E-state index contributed by atoms with van der Waals surface area (Å²) in [5.41, 5.74) is 0. The van der Waals surface area contributed by atoms with Crippen LogP contribution in [-0.4, -0.2) is 37.2 Å². The van der Waals surface area contributed by atoms with Gasteiger partial charge in [0.15, 0.2) is 6.10 Å². The van der Waals surface area contributed by atoms with Gasteiger partial charge in [0.25, 0.3) is 0 Å². The predicted molar refractivity (Wildman–Crippen MR) is 362 cm³/mol. The average molecular weight is 1150 g/mol. The molecule has 0 saturated carbocycles. The summed E-state index contributed by atoms with van der Waals surface area (Å²) >= 11 is 0. The van der Waals surface area contributed by atoms with E-state index in [0.29, 0.717) is 19.3 Å². The molecule has 1 atom stereocenters. The highest BCUT2D eigenvalue weighted by molar-refractivity contribution is 5.71. The largest absolute Gasteiger partial charge is 0.462 e. The summed E-state index contributed by atoms with van der Waals surface area (Å²) in [5.74, 6) is -0.892. The van der Waals surface area contributed by atoms with E-state index in [2.05, 4.69) is 130 Å². The zero-order valence-electron chi connectivity index (χ0n) is 54.7. The Bertz CT molecular complexity index is 1660. The molecule has 0 heterocycles. The molecule has 83 heavy (non-hydrogen) atoms. The zero-order chi connectivity index (χ0) is 59.9. The number of allylic oxidation sites excluding steroid dienone is 18. The summed E-state index contributed by atoms with van der Waals surface area (Å²) < 4.78 is 17.0. The van der Waals surface area contributed by atoms with Crippen molar-refractivity contribution in [1.82, 2.24) is 0 Å². The van der Waals surface area contributed by atoms with Crippen LogP contribution in [0.5, 0.6) is 0 Å². The van der Waals surface area contributed by atoms with E-state index < -0.39 is 6.10 Å². The van der Waals surface area contributed by atoms with Crippen LogP contribution in [0.1, 0.15) is 342 Å². The molecule has 0 aliphatic carbocycles. The Balaban J connectivity index is 4.35. The molecule has 0 N–H and O–H groups in total. The minimum Gasteiger partial charge on any atom is -0.462 e. The minimum absolute atomic E-state index is 0.0854. The van der Waals surface area contributed by atoms with Gasteiger partial charge in [0.1, 0.15) is 13.2 Å². The number of rotatable bonds is 64. The van der Waals surface area contributed by atoms with Crippen LogP contribution in [0.15, 0.2) is 109 Å². The Morgan fingerprint density at radius 1 is 0.253 bits per heavy atom. The summed E-state index contributed by atoms with van der Waals surface area (Å²) in [7, 11) is 0. The van der Waals surface area contributed by atoms with E-state index in [-0.39, 0.29) is 31.1 Å². The first-order chi connectivity index (χ1) is 41.0. The molecule has 0 aromatic carbocycles. The third-order valence-corrected chi connectivity index (χ3v) is 15.2. The topological polar surface area (TPSA) is 78.9 Å². The first-order valence-corrected chi connectivity index (χ1v) is 35.4. The van der Waals surface area contributed by atoms with Crippen LogP contribution in [0.2, 0.25) is 0 Å². The summed E-state index contributed by atoms with van der Waals surface area (Å²) in [6.07, 6.45) is 96.8. The molecule has 1 unspecified atom stereocenters. The van der Waals surface area contributed by atoms with E-state index >= 15 is 0 Å². The third kappa shape index (κ3) is 68.7. The Hall–Kier alpha value is -3.93. The van der Waals surface area contributed by atoms with Crippen molar-refractivity contribution in [2.45, 2.75) is 348 Å². The number of esters is 3. The highest BCUT2D eigenvalue weighted by Crippen LogP contribution is 2.17. The van der Waals surface area contributed by atoms with Crippen molar-refractivity contribution in [2.24, 2.45) is 0 Å². The van der Waals surface area contributed by atoms with Crippen LogP contribution in [-0.2, 0) is 28.6 Å². The Kier molecular flexibility index (Phi) is 67.2. The van der Waals surface area contributed by atoms with Crippen LogP contribution < -0.4 is 0 Å². The lowest BCUT2D eigenvalue weighted by molar-refractivity contribution is -0.167. The maximum Gasteiger partial charge on any atom is 0.306 e. The number of carbonyl (C=O) groups excluding carboxylic acids is 3. The van der Waals surface area contributed by atoms with Gasteiger partial charge in [0, 0.05) is 19.3 Å². The molecule has 6 nitrogen and oxygen atoms in total. The molecule has 0 saturated heterocycles. The second-order valence-corrected chi connectivity index (χ2v) is 23.4. The fourth-order valence-electron chi connectivity index (χ4n) is 9.94. The maximum atomic E-state index is 13.0. The van der Waals surface area contributed by atoms with Gasteiger partial charge in [-0.3, -0.25) is 14.4 Å². The molecule has 0 fully saturated rings. The molecular weight excluding hydrogens is 1020 g/mol. The Morgan fingerprint density at radius 3 is 0.759 bits per heavy atom. The number of ether oxygens (including phenoxy) is 3. The molecule has 0 radical (unpaired) electrons. The van der Waals surface area contributed by atoms with E-state index in [0.717, 1.165) is 122 Å². The summed E-state index contributed by atoms with van der Waals surface area (Å²) in [4.78, 5) is 38.5. The van der Waals surface area contributed by atoms with Gasteiger partial charge in [-0.05, 0) is 128 Å². The van der Waals surface area contributed by atoms with Crippen molar-refractivity contribution in [1.29, 1.82) is 0 Å². The van der Waals surface area contributed by atoms with Crippen LogP contribution in [0.25, 0.3) is 0 Å². The van der Waals surface area contributed by atoms with Crippen molar-refractivity contribution in [3.8, 4) is 0 Å². The van der Waals surface area contributed by atoms with Crippen LogP contribution >= 0.6 is 0 Å². The highest BCUT2D eigenvalue weighted by atomic mass is 16.6. The van der Waals surface area contributed by atoms with E-state index in [1.54, 1.807) is 0 Å². The van der Waals surface area contributed by atoms with Gasteiger partial charge in [0.2, 0.25) is 0 Å². The van der Waals surface area contributed by atoms with Crippen molar-refractivity contribution in [3.05, 3.63) is 109 Å². The Labute approximate surface area is 514 Å². The van der Waals surface area contributed by atoms with E-state index in [9.17, 15) is 14.4 Å². The molecule has 0 aromatic rings. The molecule has 476 valence electrons. The monoisotopic (exact) mass is 1150 g/mol. The number of hydrogen-bond donors (Lipinski definition) is 0. The molecule has 0 amide bonds. The standard InChI is InChI=1S/C77H132O6/c1-4-7-10-13-16-19-22-25-28-30-32-34-36-38-40-42-44-46-49-52-55-58-61-64-67-70-76(79)82-73-74(72-81-75(78)69-66-63-60-57-54-51-48-27-24-21-18-15-12-9-6-3)83-77(80)71-68-65-62-59-56-53-50-47-45-43-41-39-37-35-33-31-29-26-23-20-17-14-11-8-5-2/h7,10,16,18-19,21,23,25-28,31-34,38,40,48,74H,4-6,8-9,11-15,17,20,22,24,29-30,35-37,39,41-47,49-73H2,1-3H3/b10-7-,19-16-,21-18-,26-23-,28-25-,33-31-,34-32-,40-38-,48-27-. The fraction of sp³-hybridized carbons (Fsp3) is 0.727. The molecule has 6 heteroatoms. The fourth-order valence-corrected chi connectivity index (χ4v) is 9.94. The molecule has 0 aliphatic rings.